The molecule has 1 heterocycles. The maximum Gasteiger partial charge on any atom is 0.251 e. The van der Waals surface area contributed by atoms with E-state index in [1.807, 2.05) is 45.5 Å². The standard InChI is InChI=1S/C16H22N4O/c1-9-6-10(2)15(17)7-13(9)16(21)18-8-14-11(3)19-20(5)12(14)4/h6-7H,8,17H2,1-5H3,(H,18,21). The summed E-state index contributed by atoms with van der Waals surface area (Å²) in [5, 5.41) is 7.30. The lowest BCUT2D eigenvalue weighted by molar-refractivity contribution is 0.0950. The van der Waals surface area contributed by atoms with Crippen LogP contribution in [-0.4, -0.2) is 15.7 Å². The molecule has 0 saturated heterocycles. The maximum atomic E-state index is 12.3. The van der Waals surface area contributed by atoms with Gasteiger partial charge in [0, 0.05) is 36.1 Å². The van der Waals surface area contributed by atoms with E-state index < -0.39 is 0 Å². The molecule has 2 rings (SSSR count). The van der Waals surface area contributed by atoms with Crippen molar-refractivity contribution in [1.29, 1.82) is 0 Å². The molecule has 3 N–H and O–H groups in total. The van der Waals surface area contributed by atoms with E-state index in [0.29, 0.717) is 17.8 Å². The van der Waals surface area contributed by atoms with Gasteiger partial charge in [0.25, 0.3) is 5.91 Å². The molecule has 5 heteroatoms. The number of carbonyl (C=O) groups excluding carboxylic acids is 1. The van der Waals surface area contributed by atoms with Gasteiger partial charge in [0.05, 0.1) is 5.69 Å². The second kappa shape index (κ2) is 5.60. The SMILES string of the molecule is Cc1cc(C)c(C(=O)NCc2c(C)nn(C)c2C)cc1N. The minimum Gasteiger partial charge on any atom is -0.398 e. The molecule has 5 nitrogen and oxygen atoms in total. The fourth-order valence-corrected chi connectivity index (χ4v) is 2.45. The quantitative estimate of drug-likeness (QED) is 0.849. The summed E-state index contributed by atoms with van der Waals surface area (Å²) in [6.07, 6.45) is 0. The number of hydrogen-bond donors (Lipinski definition) is 2. The molecule has 1 aromatic carbocycles. The van der Waals surface area contributed by atoms with Crippen LogP contribution in [0.2, 0.25) is 0 Å². The number of rotatable bonds is 3. The molecule has 0 atom stereocenters. The second-order valence-corrected chi connectivity index (χ2v) is 5.48. The minimum absolute atomic E-state index is 0.109. The maximum absolute atomic E-state index is 12.3. The van der Waals surface area contributed by atoms with Gasteiger partial charge in [0.2, 0.25) is 0 Å². The number of nitrogens with one attached hydrogen (secondary N) is 1. The van der Waals surface area contributed by atoms with Gasteiger partial charge >= 0.3 is 0 Å². The second-order valence-electron chi connectivity index (χ2n) is 5.48. The average molecular weight is 286 g/mol. The Morgan fingerprint density at radius 1 is 1.24 bits per heavy atom. The summed E-state index contributed by atoms with van der Waals surface area (Å²) in [6.45, 7) is 8.27. The first-order valence-corrected chi connectivity index (χ1v) is 6.95. The molecular formula is C16H22N4O. The first kappa shape index (κ1) is 15.1. The molecule has 0 radical (unpaired) electrons. The molecular weight excluding hydrogens is 264 g/mol. The third-order valence-corrected chi connectivity index (χ3v) is 3.94. The largest absolute Gasteiger partial charge is 0.398 e. The molecule has 0 aliphatic heterocycles. The number of aryl methyl sites for hydroxylation is 4. The Bertz CT molecular complexity index is 701. The van der Waals surface area contributed by atoms with Crippen molar-refractivity contribution in [2.24, 2.45) is 7.05 Å². The highest BCUT2D eigenvalue weighted by Crippen LogP contribution is 2.18. The Morgan fingerprint density at radius 2 is 1.90 bits per heavy atom. The van der Waals surface area contributed by atoms with Gasteiger partial charge < -0.3 is 11.1 Å². The molecule has 0 saturated carbocycles. The Labute approximate surface area is 125 Å². The number of anilines is 1. The highest BCUT2D eigenvalue weighted by molar-refractivity contribution is 5.96. The zero-order valence-corrected chi connectivity index (χ0v) is 13.2. The van der Waals surface area contributed by atoms with E-state index in [4.69, 9.17) is 5.73 Å². The molecule has 2 aromatic rings. The third kappa shape index (κ3) is 2.91. The molecule has 0 aliphatic rings. The summed E-state index contributed by atoms with van der Waals surface area (Å²) in [4.78, 5) is 12.3. The number of amides is 1. The number of carbonyl (C=O) groups is 1. The van der Waals surface area contributed by atoms with E-state index >= 15 is 0 Å². The van der Waals surface area contributed by atoms with Crippen molar-refractivity contribution >= 4 is 11.6 Å². The number of benzene rings is 1. The predicted octanol–water partition coefficient (Wildman–Crippen LogP) is 2.17. The van der Waals surface area contributed by atoms with E-state index in [0.717, 1.165) is 28.1 Å². The van der Waals surface area contributed by atoms with Gasteiger partial charge in [0.1, 0.15) is 0 Å². The molecule has 21 heavy (non-hydrogen) atoms. The van der Waals surface area contributed by atoms with Crippen molar-refractivity contribution in [2.75, 3.05) is 5.73 Å². The average Bonchev–Trinajstić information content (AvgIpc) is 2.65. The topological polar surface area (TPSA) is 72.9 Å². The van der Waals surface area contributed by atoms with Gasteiger partial charge in [-0.2, -0.15) is 5.10 Å². The number of nitrogens with two attached hydrogens (primary N) is 1. The number of nitrogen functional groups attached to an aromatic ring is 1. The highest BCUT2D eigenvalue weighted by Gasteiger charge is 2.14. The molecule has 0 fully saturated rings. The molecule has 112 valence electrons. The number of hydrogen-bond acceptors (Lipinski definition) is 3. The van der Waals surface area contributed by atoms with Crippen LogP contribution in [0.5, 0.6) is 0 Å². The zero-order chi connectivity index (χ0) is 15.7. The van der Waals surface area contributed by atoms with E-state index in [1.165, 1.54) is 0 Å². The summed E-state index contributed by atoms with van der Waals surface area (Å²) < 4.78 is 1.83. The van der Waals surface area contributed by atoms with Crippen LogP contribution in [0, 0.1) is 27.7 Å². The Morgan fingerprint density at radius 3 is 2.48 bits per heavy atom. The van der Waals surface area contributed by atoms with Gasteiger partial charge in [0.15, 0.2) is 0 Å². The molecule has 0 aliphatic carbocycles. The minimum atomic E-state index is -0.109. The summed E-state index contributed by atoms with van der Waals surface area (Å²) in [7, 11) is 1.90. The van der Waals surface area contributed by atoms with Crippen LogP contribution in [0.25, 0.3) is 0 Å². The normalized spacial score (nSPS) is 10.7. The van der Waals surface area contributed by atoms with Crippen LogP contribution < -0.4 is 11.1 Å². The van der Waals surface area contributed by atoms with E-state index in [2.05, 4.69) is 10.4 Å². The molecule has 0 unspecified atom stereocenters. The van der Waals surface area contributed by atoms with Gasteiger partial charge in [-0.3, -0.25) is 9.48 Å². The molecule has 0 bridgehead atoms. The Balaban J connectivity index is 2.17. The van der Waals surface area contributed by atoms with E-state index in [1.54, 1.807) is 6.07 Å². The number of nitrogens with zero attached hydrogens (tertiary/aromatic N) is 2. The van der Waals surface area contributed by atoms with E-state index in [9.17, 15) is 4.79 Å². The molecule has 1 aromatic heterocycles. The lowest BCUT2D eigenvalue weighted by Gasteiger charge is -2.10. The van der Waals surface area contributed by atoms with Crippen LogP contribution in [0.3, 0.4) is 0 Å². The van der Waals surface area contributed by atoms with Crippen LogP contribution in [0.15, 0.2) is 12.1 Å². The number of aromatic nitrogens is 2. The fraction of sp³-hybridized carbons (Fsp3) is 0.375. The first-order chi connectivity index (χ1) is 9.81. The van der Waals surface area contributed by atoms with Gasteiger partial charge in [-0.15, -0.1) is 0 Å². The lowest BCUT2D eigenvalue weighted by Crippen LogP contribution is -2.24. The predicted molar refractivity (Wildman–Crippen MR) is 84.2 cm³/mol. The van der Waals surface area contributed by atoms with Crippen LogP contribution in [0.4, 0.5) is 5.69 Å². The summed E-state index contributed by atoms with van der Waals surface area (Å²) in [5.74, 6) is -0.109. The van der Waals surface area contributed by atoms with Crippen molar-refractivity contribution in [1.82, 2.24) is 15.1 Å². The van der Waals surface area contributed by atoms with Crippen LogP contribution in [0.1, 0.15) is 38.4 Å². The van der Waals surface area contributed by atoms with Crippen molar-refractivity contribution in [3.8, 4) is 0 Å². The molecule has 1 amide bonds. The third-order valence-electron chi connectivity index (χ3n) is 3.94. The van der Waals surface area contributed by atoms with Crippen LogP contribution in [-0.2, 0) is 13.6 Å². The zero-order valence-electron chi connectivity index (χ0n) is 13.2. The van der Waals surface area contributed by atoms with E-state index in [-0.39, 0.29) is 5.91 Å². The highest BCUT2D eigenvalue weighted by atomic mass is 16.1. The van der Waals surface area contributed by atoms with Gasteiger partial charge in [-0.1, -0.05) is 6.07 Å². The van der Waals surface area contributed by atoms with Gasteiger partial charge in [-0.25, -0.2) is 0 Å². The lowest BCUT2D eigenvalue weighted by atomic mass is 10.0. The van der Waals surface area contributed by atoms with Crippen molar-refractivity contribution in [2.45, 2.75) is 34.2 Å². The first-order valence-electron chi connectivity index (χ1n) is 6.95. The van der Waals surface area contributed by atoms with Gasteiger partial charge in [-0.05, 0) is 44.9 Å². The van der Waals surface area contributed by atoms with Crippen molar-refractivity contribution in [3.63, 3.8) is 0 Å². The monoisotopic (exact) mass is 286 g/mol. The van der Waals surface area contributed by atoms with Crippen LogP contribution >= 0.6 is 0 Å². The Kier molecular flexibility index (Phi) is 4.02. The Hall–Kier alpha value is -2.30. The summed E-state index contributed by atoms with van der Waals surface area (Å²) >= 11 is 0. The summed E-state index contributed by atoms with van der Waals surface area (Å²) in [5.41, 5.74) is 12.1. The smallest absolute Gasteiger partial charge is 0.251 e. The fourth-order valence-electron chi connectivity index (χ4n) is 2.45. The van der Waals surface area contributed by atoms with Crippen molar-refractivity contribution in [3.05, 3.63) is 45.8 Å². The molecule has 0 spiro atoms. The summed E-state index contributed by atoms with van der Waals surface area (Å²) in [6, 6.07) is 3.67. The van der Waals surface area contributed by atoms with Crippen molar-refractivity contribution < 1.29 is 4.79 Å².